The van der Waals surface area contributed by atoms with E-state index in [1.165, 1.54) is 14.2 Å². The first kappa shape index (κ1) is 18.8. The topological polar surface area (TPSA) is 73.6 Å². The minimum Gasteiger partial charge on any atom is -0.497 e. The van der Waals surface area contributed by atoms with E-state index in [0.717, 1.165) is 0 Å². The van der Waals surface area contributed by atoms with Crippen LogP contribution in [0.25, 0.3) is 22.6 Å². The highest BCUT2D eigenvalue weighted by Crippen LogP contribution is 2.31. The van der Waals surface area contributed by atoms with Crippen LogP contribution in [0.1, 0.15) is 10.4 Å². The fraction of sp³-hybridized carbons (Fsp3) is 0.0909. The molecule has 0 aliphatic carbocycles. The third-order valence-electron chi connectivity index (χ3n) is 4.36. The number of nitrogens with zero attached hydrogens (tertiary/aromatic N) is 1. The molecule has 0 bridgehead atoms. The molecule has 0 fully saturated rings. The number of hydrogen-bond donors (Lipinski definition) is 1. The number of fused-ring (bicyclic) bond motifs is 1. The molecular weight excluding hydrogens is 392 g/mol. The molecule has 7 heteroatoms. The van der Waals surface area contributed by atoms with Gasteiger partial charge in [-0.05, 0) is 42.5 Å². The van der Waals surface area contributed by atoms with Crippen molar-refractivity contribution in [3.8, 4) is 23.0 Å². The summed E-state index contributed by atoms with van der Waals surface area (Å²) in [6.45, 7) is 0. The molecule has 29 heavy (non-hydrogen) atoms. The predicted molar refractivity (Wildman–Crippen MR) is 112 cm³/mol. The van der Waals surface area contributed by atoms with Gasteiger partial charge in [0.25, 0.3) is 5.91 Å². The second kappa shape index (κ2) is 7.85. The highest BCUT2D eigenvalue weighted by atomic mass is 35.5. The number of carbonyl (C=O) groups excluding carboxylic acids is 1. The Kier molecular flexibility index (Phi) is 5.10. The molecule has 0 unspecified atom stereocenters. The Bertz CT molecular complexity index is 1180. The highest BCUT2D eigenvalue weighted by molar-refractivity contribution is 6.33. The normalized spacial score (nSPS) is 10.7. The third-order valence-corrected chi connectivity index (χ3v) is 4.69. The maximum absolute atomic E-state index is 12.7. The first-order valence-electron chi connectivity index (χ1n) is 8.77. The predicted octanol–water partition coefficient (Wildman–Crippen LogP) is 5.42. The Morgan fingerprint density at radius 1 is 1.00 bits per heavy atom. The summed E-state index contributed by atoms with van der Waals surface area (Å²) in [5.41, 5.74) is 2.92. The van der Waals surface area contributed by atoms with Gasteiger partial charge in [-0.15, -0.1) is 0 Å². The monoisotopic (exact) mass is 408 g/mol. The molecule has 0 aliphatic heterocycles. The number of ether oxygens (including phenoxy) is 2. The van der Waals surface area contributed by atoms with E-state index in [0.29, 0.717) is 50.3 Å². The Labute approximate surface area is 172 Å². The van der Waals surface area contributed by atoms with Gasteiger partial charge in [0.2, 0.25) is 5.89 Å². The maximum atomic E-state index is 12.7. The largest absolute Gasteiger partial charge is 0.497 e. The lowest BCUT2D eigenvalue weighted by molar-refractivity contribution is 0.102. The van der Waals surface area contributed by atoms with Crippen molar-refractivity contribution in [2.45, 2.75) is 0 Å². The summed E-state index contributed by atoms with van der Waals surface area (Å²) in [5, 5.41) is 3.41. The van der Waals surface area contributed by atoms with Crippen LogP contribution >= 0.6 is 11.6 Å². The molecule has 0 radical (unpaired) electrons. The Balaban J connectivity index is 1.62. The van der Waals surface area contributed by atoms with Gasteiger partial charge in [-0.1, -0.05) is 23.7 Å². The molecule has 3 aromatic carbocycles. The number of oxazole rings is 1. The van der Waals surface area contributed by atoms with E-state index < -0.39 is 0 Å². The van der Waals surface area contributed by atoms with Crippen LogP contribution in [0.2, 0.25) is 5.02 Å². The first-order chi connectivity index (χ1) is 14.1. The SMILES string of the molecule is COc1cc(OC)cc(C(=O)Nc2ccc3oc(-c4ccccc4Cl)nc3c2)c1. The number of carbonyl (C=O) groups is 1. The van der Waals surface area contributed by atoms with Crippen molar-refractivity contribution < 1.29 is 18.7 Å². The van der Waals surface area contributed by atoms with Crippen molar-refractivity contribution in [1.29, 1.82) is 0 Å². The van der Waals surface area contributed by atoms with E-state index in [9.17, 15) is 4.79 Å². The lowest BCUT2D eigenvalue weighted by Crippen LogP contribution is -2.12. The van der Waals surface area contributed by atoms with Gasteiger partial charge in [0.05, 0.1) is 24.8 Å². The molecule has 0 aliphatic rings. The number of anilines is 1. The van der Waals surface area contributed by atoms with Crippen LogP contribution in [-0.2, 0) is 0 Å². The van der Waals surface area contributed by atoms with Crippen molar-refractivity contribution in [2.75, 3.05) is 19.5 Å². The van der Waals surface area contributed by atoms with Gasteiger partial charge in [-0.2, -0.15) is 0 Å². The Morgan fingerprint density at radius 2 is 1.72 bits per heavy atom. The standard InChI is InChI=1S/C22H17ClN2O4/c1-27-15-9-13(10-16(12-15)28-2)21(26)24-14-7-8-20-19(11-14)25-22(29-20)17-5-3-4-6-18(17)23/h3-12H,1-2H3,(H,24,26). The van der Waals surface area contributed by atoms with E-state index in [1.807, 2.05) is 18.2 Å². The van der Waals surface area contributed by atoms with Crippen LogP contribution in [0.5, 0.6) is 11.5 Å². The molecule has 0 saturated heterocycles. The molecule has 0 saturated carbocycles. The van der Waals surface area contributed by atoms with Crippen molar-refractivity contribution in [3.63, 3.8) is 0 Å². The van der Waals surface area contributed by atoms with Crippen LogP contribution in [0.15, 0.2) is 65.1 Å². The molecular formula is C22H17ClN2O4. The molecule has 1 aromatic heterocycles. The zero-order valence-electron chi connectivity index (χ0n) is 15.7. The number of nitrogens with one attached hydrogen (secondary N) is 1. The molecule has 1 heterocycles. The number of hydrogen-bond acceptors (Lipinski definition) is 5. The molecule has 4 aromatic rings. The summed E-state index contributed by atoms with van der Waals surface area (Å²) in [6.07, 6.45) is 0. The third kappa shape index (κ3) is 3.88. The van der Waals surface area contributed by atoms with Crippen molar-refractivity contribution in [1.82, 2.24) is 4.98 Å². The summed E-state index contributed by atoms with van der Waals surface area (Å²) in [6, 6.07) is 17.6. The number of halogens is 1. The summed E-state index contributed by atoms with van der Waals surface area (Å²) in [4.78, 5) is 17.2. The molecule has 6 nitrogen and oxygen atoms in total. The van der Waals surface area contributed by atoms with Gasteiger partial charge in [0.1, 0.15) is 17.0 Å². The van der Waals surface area contributed by atoms with Gasteiger partial charge in [-0.3, -0.25) is 4.79 Å². The number of aromatic nitrogens is 1. The zero-order chi connectivity index (χ0) is 20.4. The van der Waals surface area contributed by atoms with Gasteiger partial charge in [-0.25, -0.2) is 4.98 Å². The van der Waals surface area contributed by atoms with E-state index in [-0.39, 0.29) is 5.91 Å². The Morgan fingerprint density at radius 3 is 2.41 bits per heavy atom. The van der Waals surface area contributed by atoms with Crippen LogP contribution in [0.4, 0.5) is 5.69 Å². The summed E-state index contributed by atoms with van der Waals surface area (Å²) in [5.74, 6) is 1.19. The van der Waals surface area contributed by atoms with E-state index in [4.69, 9.17) is 25.5 Å². The van der Waals surface area contributed by atoms with Crippen LogP contribution in [0, 0.1) is 0 Å². The summed E-state index contributed by atoms with van der Waals surface area (Å²) in [7, 11) is 3.07. The van der Waals surface area contributed by atoms with Crippen LogP contribution in [0.3, 0.4) is 0 Å². The average Bonchev–Trinajstić information content (AvgIpc) is 3.16. The molecule has 1 amide bonds. The van der Waals surface area contributed by atoms with Crippen LogP contribution in [-0.4, -0.2) is 25.1 Å². The second-order valence-electron chi connectivity index (χ2n) is 6.24. The lowest BCUT2D eigenvalue weighted by Gasteiger charge is -2.09. The maximum Gasteiger partial charge on any atom is 0.255 e. The van der Waals surface area contributed by atoms with Gasteiger partial charge in [0, 0.05) is 17.3 Å². The van der Waals surface area contributed by atoms with Gasteiger partial charge >= 0.3 is 0 Å². The van der Waals surface area contributed by atoms with Crippen LogP contribution < -0.4 is 14.8 Å². The number of benzene rings is 3. The molecule has 0 atom stereocenters. The summed E-state index contributed by atoms with van der Waals surface area (Å²) >= 11 is 6.23. The number of methoxy groups -OCH3 is 2. The number of amides is 1. The lowest BCUT2D eigenvalue weighted by atomic mass is 10.1. The average molecular weight is 409 g/mol. The van der Waals surface area contributed by atoms with E-state index in [1.54, 1.807) is 42.5 Å². The minimum absolute atomic E-state index is 0.295. The Hall–Kier alpha value is -3.51. The zero-order valence-corrected chi connectivity index (χ0v) is 16.5. The molecule has 0 spiro atoms. The van der Waals surface area contributed by atoms with Crippen molar-refractivity contribution in [3.05, 3.63) is 71.2 Å². The van der Waals surface area contributed by atoms with E-state index >= 15 is 0 Å². The minimum atomic E-state index is -0.295. The van der Waals surface area contributed by atoms with Gasteiger partial charge < -0.3 is 19.2 Å². The van der Waals surface area contributed by atoms with Crippen molar-refractivity contribution >= 4 is 34.3 Å². The smallest absolute Gasteiger partial charge is 0.255 e. The first-order valence-corrected chi connectivity index (χ1v) is 9.15. The fourth-order valence-corrected chi connectivity index (χ4v) is 3.11. The second-order valence-corrected chi connectivity index (χ2v) is 6.64. The fourth-order valence-electron chi connectivity index (χ4n) is 2.90. The van der Waals surface area contributed by atoms with Crippen molar-refractivity contribution in [2.24, 2.45) is 0 Å². The highest BCUT2D eigenvalue weighted by Gasteiger charge is 2.14. The van der Waals surface area contributed by atoms with E-state index in [2.05, 4.69) is 10.3 Å². The quantitative estimate of drug-likeness (QED) is 0.477. The molecule has 1 N–H and O–H groups in total. The van der Waals surface area contributed by atoms with Gasteiger partial charge in [0.15, 0.2) is 5.58 Å². The molecule has 4 rings (SSSR count). The molecule has 146 valence electrons. The summed E-state index contributed by atoms with van der Waals surface area (Å²) < 4.78 is 16.2. The number of rotatable bonds is 5.